The number of aryl methyl sites for hydroxylation is 1. The highest BCUT2D eigenvalue weighted by Gasteiger charge is 2.23. The van der Waals surface area contributed by atoms with Crippen molar-refractivity contribution in [3.8, 4) is 0 Å². The molecule has 4 heteroatoms. The molecule has 98 valence electrons. The summed E-state index contributed by atoms with van der Waals surface area (Å²) in [5.74, 6) is -0.717. The van der Waals surface area contributed by atoms with Gasteiger partial charge < -0.3 is 15.3 Å². The van der Waals surface area contributed by atoms with E-state index in [2.05, 4.69) is 29.3 Å². The summed E-state index contributed by atoms with van der Waals surface area (Å²) in [4.78, 5) is 13.1. The molecule has 4 nitrogen and oxygen atoms in total. The van der Waals surface area contributed by atoms with Gasteiger partial charge in [0, 0.05) is 37.8 Å². The van der Waals surface area contributed by atoms with Crippen LogP contribution in [0.15, 0.2) is 24.3 Å². The van der Waals surface area contributed by atoms with Gasteiger partial charge in [0.1, 0.15) is 0 Å². The van der Waals surface area contributed by atoms with E-state index in [1.807, 2.05) is 12.1 Å². The smallest absolute Gasteiger partial charge is 0.303 e. The predicted octanol–water partition coefficient (Wildman–Crippen LogP) is 1.64. The van der Waals surface area contributed by atoms with Crippen LogP contribution in [0.25, 0.3) is 0 Å². The fraction of sp³-hybridized carbons (Fsp3) is 0.500. The van der Waals surface area contributed by atoms with Gasteiger partial charge in [-0.05, 0) is 25.0 Å². The molecular weight excluding hydrogens is 228 g/mol. The van der Waals surface area contributed by atoms with Crippen LogP contribution in [0.4, 0.5) is 5.69 Å². The second kappa shape index (κ2) is 5.87. The largest absolute Gasteiger partial charge is 0.481 e. The molecule has 1 heterocycles. The van der Waals surface area contributed by atoms with Gasteiger partial charge in [0.2, 0.25) is 0 Å². The first kappa shape index (κ1) is 12.9. The summed E-state index contributed by atoms with van der Waals surface area (Å²) in [6.07, 6.45) is 0.922. The fourth-order valence-electron chi connectivity index (χ4n) is 2.51. The van der Waals surface area contributed by atoms with Gasteiger partial charge in [-0.15, -0.1) is 0 Å². The van der Waals surface area contributed by atoms with Crippen molar-refractivity contribution in [1.82, 2.24) is 5.32 Å². The van der Waals surface area contributed by atoms with Gasteiger partial charge in [0.25, 0.3) is 0 Å². The van der Waals surface area contributed by atoms with Crippen molar-refractivity contribution in [2.45, 2.75) is 25.8 Å². The van der Waals surface area contributed by atoms with Gasteiger partial charge in [-0.2, -0.15) is 0 Å². The molecule has 18 heavy (non-hydrogen) atoms. The van der Waals surface area contributed by atoms with E-state index in [0.717, 1.165) is 19.6 Å². The minimum Gasteiger partial charge on any atom is -0.481 e. The topological polar surface area (TPSA) is 52.6 Å². The number of hydrogen-bond donors (Lipinski definition) is 2. The van der Waals surface area contributed by atoms with Gasteiger partial charge in [-0.25, -0.2) is 0 Å². The van der Waals surface area contributed by atoms with Crippen LogP contribution in [-0.4, -0.2) is 36.8 Å². The second-order valence-corrected chi connectivity index (χ2v) is 4.77. The molecule has 2 rings (SSSR count). The molecule has 1 saturated heterocycles. The zero-order valence-corrected chi connectivity index (χ0v) is 10.7. The van der Waals surface area contributed by atoms with Crippen molar-refractivity contribution >= 4 is 11.7 Å². The Balaban J connectivity index is 2.12. The number of nitrogens with one attached hydrogen (secondary N) is 1. The molecule has 0 spiro atoms. The fourth-order valence-corrected chi connectivity index (χ4v) is 2.51. The van der Waals surface area contributed by atoms with Crippen LogP contribution in [0.1, 0.15) is 18.4 Å². The molecule has 1 aliphatic rings. The number of piperazine rings is 1. The third-order valence-electron chi connectivity index (χ3n) is 3.47. The summed E-state index contributed by atoms with van der Waals surface area (Å²) in [6, 6.07) is 8.57. The number of rotatable bonds is 4. The maximum Gasteiger partial charge on any atom is 0.303 e. The van der Waals surface area contributed by atoms with E-state index >= 15 is 0 Å². The standard InChI is InChI=1S/C14H20N2O2/c1-11-4-2-3-5-13(11)16-9-8-15-10-12(16)6-7-14(17)18/h2-5,12,15H,6-10H2,1H3,(H,17,18). The molecule has 0 aliphatic carbocycles. The summed E-state index contributed by atoms with van der Waals surface area (Å²) < 4.78 is 0. The third-order valence-corrected chi connectivity index (χ3v) is 3.47. The van der Waals surface area contributed by atoms with E-state index < -0.39 is 5.97 Å². The number of anilines is 1. The zero-order valence-electron chi connectivity index (χ0n) is 10.7. The predicted molar refractivity (Wildman–Crippen MR) is 72.1 cm³/mol. The van der Waals surface area contributed by atoms with Crippen molar-refractivity contribution in [3.63, 3.8) is 0 Å². The van der Waals surface area contributed by atoms with Crippen molar-refractivity contribution in [1.29, 1.82) is 0 Å². The Labute approximate surface area is 108 Å². The number of carbonyl (C=O) groups is 1. The SMILES string of the molecule is Cc1ccccc1N1CCNCC1CCC(=O)O. The molecule has 0 radical (unpaired) electrons. The molecule has 2 N–H and O–H groups in total. The summed E-state index contributed by atoms with van der Waals surface area (Å²) in [6.45, 7) is 4.86. The number of nitrogens with zero attached hydrogens (tertiary/aromatic N) is 1. The highest BCUT2D eigenvalue weighted by atomic mass is 16.4. The molecule has 1 fully saturated rings. The van der Waals surface area contributed by atoms with Gasteiger partial charge in [-0.1, -0.05) is 18.2 Å². The Bertz CT molecular complexity index is 420. The number of para-hydroxylation sites is 1. The first-order chi connectivity index (χ1) is 8.68. The number of carboxylic acid groups (broad SMARTS) is 1. The van der Waals surface area contributed by atoms with Gasteiger partial charge in [0.05, 0.1) is 0 Å². The maximum atomic E-state index is 10.7. The molecule has 1 aromatic rings. The number of carboxylic acids is 1. The minimum absolute atomic E-state index is 0.231. The van der Waals surface area contributed by atoms with E-state index in [9.17, 15) is 4.79 Å². The van der Waals surface area contributed by atoms with E-state index in [-0.39, 0.29) is 12.5 Å². The summed E-state index contributed by atoms with van der Waals surface area (Å²) in [5.41, 5.74) is 2.48. The van der Waals surface area contributed by atoms with E-state index in [0.29, 0.717) is 6.42 Å². The third kappa shape index (κ3) is 3.01. The molecule has 0 bridgehead atoms. The van der Waals surface area contributed by atoms with Crippen LogP contribution in [0.5, 0.6) is 0 Å². The van der Waals surface area contributed by atoms with Crippen LogP contribution in [0, 0.1) is 6.92 Å². The first-order valence-electron chi connectivity index (χ1n) is 6.43. The van der Waals surface area contributed by atoms with Gasteiger partial charge >= 0.3 is 5.97 Å². The maximum absolute atomic E-state index is 10.7. The van der Waals surface area contributed by atoms with Crippen LogP contribution in [0.3, 0.4) is 0 Å². The van der Waals surface area contributed by atoms with Crippen LogP contribution in [0.2, 0.25) is 0 Å². The lowest BCUT2D eigenvalue weighted by Crippen LogP contribution is -2.51. The highest BCUT2D eigenvalue weighted by Crippen LogP contribution is 2.24. The van der Waals surface area contributed by atoms with E-state index in [4.69, 9.17) is 5.11 Å². The minimum atomic E-state index is -0.717. The number of aliphatic carboxylic acids is 1. The normalized spacial score (nSPS) is 19.8. The van der Waals surface area contributed by atoms with Crippen molar-refractivity contribution in [2.75, 3.05) is 24.5 Å². The Morgan fingerprint density at radius 1 is 1.50 bits per heavy atom. The molecule has 1 unspecified atom stereocenters. The summed E-state index contributed by atoms with van der Waals surface area (Å²) in [7, 11) is 0. The van der Waals surface area contributed by atoms with Crippen molar-refractivity contribution in [2.24, 2.45) is 0 Å². The zero-order chi connectivity index (χ0) is 13.0. The van der Waals surface area contributed by atoms with Crippen molar-refractivity contribution < 1.29 is 9.90 Å². The van der Waals surface area contributed by atoms with Crippen LogP contribution in [-0.2, 0) is 4.79 Å². The summed E-state index contributed by atoms with van der Waals surface area (Å²) >= 11 is 0. The van der Waals surface area contributed by atoms with E-state index in [1.54, 1.807) is 0 Å². The van der Waals surface area contributed by atoms with Gasteiger partial charge in [0.15, 0.2) is 0 Å². The van der Waals surface area contributed by atoms with Crippen LogP contribution < -0.4 is 10.2 Å². The number of hydrogen-bond acceptors (Lipinski definition) is 3. The molecule has 0 saturated carbocycles. The van der Waals surface area contributed by atoms with Crippen molar-refractivity contribution in [3.05, 3.63) is 29.8 Å². The highest BCUT2D eigenvalue weighted by molar-refractivity contribution is 5.67. The molecule has 1 aromatic carbocycles. The first-order valence-corrected chi connectivity index (χ1v) is 6.43. The molecular formula is C14H20N2O2. The monoisotopic (exact) mass is 248 g/mol. The lowest BCUT2D eigenvalue weighted by atomic mass is 10.0. The lowest BCUT2D eigenvalue weighted by molar-refractivity contribution is -0.137. The average Bonchev–Trinajstić information content (AvgIpc) is 2.37. The lowest BCUT2D eigenvalue weighted by Gasteiger charge is -2.38. The molecule has 0 aromatic heterocycles. The Kier molecular flexibility index (Phi) is 4.20. The molecule has 1 aliphatic heterocycles. The number of benzene rings is 1. The average molecular weight is 248 g/mol. The van der Waals surface area contributed by atoms with E-state index in [1.165, 1.54) is 11.3 Å². The quantitative estimate of drug-likeness (QED) is 0.850. The Hall–Kier alpha value is -1.55. The molecule has 1 atom stereocenters. The van der Waals surface area contributed by atoms with Crippen LogP contribution >= 0.6 is 0 Å². The van der Waals surface area contributed by atoms with Gasteiger partial charge in [-0.3, -0.25) is 4.79 Å². The molecule has 0 amide bonds. The second-order valence-electron chi connectivity index (χ2n) is 4.77. The Morgan fingerprint density at radius 2 is 2.28 bits per heavy atom. The Morgan fingerprint density at radius 3 is 3.00 bits per heavy atom. The summed E-state index contributed by atoms with van der Waals surface area (Å²) in [5, 5.41) is 12.2.